The Morgan fingerprint density at radius 1 is 1.55 bits per heavy atom. The Labute approximate surface area is 116 Å². The minimum absolute atomic E-state index is 0.0318. The van der Waals surface area contributed by atoms with Crippen molar-refractivity contribution < 1.29 is 9.53 Å². The van der Waals surface area contributed by atoms with Crippen molar-refractivity contribution >= 4 is 11.7 Å². The fourth-order valence-corrected chi connectivity index (χ4v) is 2.36. The van der Waals surface area contributed by atoms with Crippen molar-refractivity contribution in [2.45, 2.75) is 38.8 Å². The summed E-state index contributed by atoms with van der Waals surface area (Å²) in [7, 11) is 0. The first-order valence-corrected chi connectivity index (χ1v) is 6.60. The highest BCUT2D eigenvalue weighted by Gasteiger charge is 2.37. The summed E-state index contributed by atoms with van der Waals surface area (Å²) >= 11 is 0. The number of amides is 1. The van der Waals surface area contributed by atoms with Gasteiger partial charge in [-0.05, 0) is 33.3 Å². The molecular formula is C13H17N5O2. The van der Waals surface area contributed by atoms with Gasteiger partial charge >= 0.3 is 0 Å². The molecule has 2 aromatic heterocycles. The first kappa shape index (κ1) is 13.0. The summed E-state index contributed by atoms with van der Waals surface area (Å²) in [4.78, 5) is 20.5. The summed E-state index contributed by atoms with van der Waals surface area (Å²) in [6, 6.07) is 1.78. The third-order valence-corrected chi connectivity index (χ3v) is 3.66. The van der Waals surface area contributed by atoms with E-state index < -0.39 is 0 Å². The van der Waals surface area contributed by atoms with Gasteiger partial charge in [0, 0.05) is 18.5 Å². The van der Waals surface area contributed by atoms with Crippen LogP contribution in [0.1, 0.15) is 36.6 Å². The van der Waals surface area contributed by atoms with Crippen molar-refractivity contribution in [1.82, 2.24) is 24.9 Å². The van der Waals surface area contributed by atoms with Gasteiger partial charge in [0.15, 0.2) is 0 Å². The molecule has 0 saturated carbocycles. The second kappa shape index (κ2) is 4.52. The van der Waals surface area contributed by atoms with Crippen molar-refractivity contribution in [2.75, 3.05) is 6.61 Å². The molecule has 0 aliphatic carbocycles. The van der Waals surface area contributed by atoms with Gasteiger partial charge in [0.2, 0.25) is 5.82 Å². The number of carbonyl (C=O) groups excluding carboxylic acids is 1. The molecule has 106 valence electrons. The number of ether oxygens (including phenoxy) is 1. The van der Waals surface area contributed by atoms with Gasteiger partial charge in [-0.1, -0.05) is 0 Å². The third-order valence-electron chi connectivity index (χ3n) is 3.66. The van der Waals surface area contributed by atoms with Gasteiger partial charge in [-0.2, -0.15) is 4.98 Å². The van der Waals surface area contributed by atoms with E-state index in [0.717, 1.165) is 12.1 Å². The number of rotatable bonds is 2. The second-order valence-electron chi connectivity index (χ2n) is 5.50. The standard InChI is InChI=1S/C13H17N5O2/c1-8-4-6-14-12-16-10(17-18(8)12)11(19)15-9-5-7-20-13(9,2)3/h4,6,9H,5,7H2,1-3H3,(H,15,19). The van der Waals surface area contributed by atoms with Crippen LogP contribution in [0.25, 0.3) is 5.78 Å². The Morgan fingerprint density at radius 3 is 3.00 bits per heavy atom. The molecule has 2 aromatic rings. The molecule has 0 bridgehead atoms. The first-order chi connectivity index (χ1) is 9.47. The number of carbonyl (C=O) groups is 1. The minimum Gasteiger partial charge on any atom is -0.373 e. The summed E-state index contributed by atoms with van der Waals surface area (Å²) in [6.07, 6.45) is 2.44. The van der Waals surface area contributed by atoms with Gasteiger partial charge in [0.1, 0.15) is 0 Å². The Kier molecular flexibility index (Phi) is 2.93. The van der Waals surface area contributed by atoms with Crippen LogP contribution in [-0.4, -0.2) is 43.7 Å². The number of fused-ring (bicyclic) bond motifs is 1. The zero-order valence-corrected chi connectivity index (χ0v) is 11.8. The Morgan fingerprint density at radius 2 is 2.35 bits per heavy atom. The predicted octanol–water partition coefficient (Wildman–Crippen LogP) is 0.730. The predicted molar refractivity (Wildman–Crippen MR) is 71.4 cm³/mol. The van der Waals surface area contributed by atoms with E-state index >= 15 is 0 Å². The quantitative estimate of drug-likeness (QED) is 0.873. The lowest BCUT2D eigenvalue weighted by Crippen LogP contribution is -2.46. The van der Waals surface area contributed by atoms with Crippen molar-refractivity contribution in [3.05, 3.63) is 23.8 Å². The molecule has 1 saturated heterocycles. The van der Waals surface area contributed by atoms with Gasteiger partial charge in [0.05, 0.1) is 11.6 Å². The smallest absolute Gasteiger partial charge is 0.291 e. The monoisotopic (exact) mass is 275 g/mol. The number of hydrogen-bond acceptors (Lipinski definition) is 5. The van der Waals surface area contributed by atoms with Crippen LogP contribution in [0.15, 0.2) is 12.3 Å². The van der Waals surface area contributed by atoms with E-state index in [1.165, 1.54) is 0 Å². The maximum atomic E-state index is 12.2. The largest absolute Gasteiger partial charge is 0.373 e. The number of nitrogens with one attached hydrogen (secondary N) is 1. The summed E-state index contributed by atoms with van der Waals surface area (Å²) in [5.74, 6) is 0.269. The maximum Gasteiger partial charge on any atom is 0.291 e. The van der Waals surface area contributed by atoms with Crippen molar-refractivity contribution in [1.29, 1.82) is 0 Å². The van der Waals surface area contributed by atoms with Crippen LogP contribution in [0, 0.1) is 6.92 Å². The van der Waals surface area contributed by atoms with Crippen LogP contribution < -0.4 is 5.32 Å². The Bertz CT molecular complexity index is 664. The second-order valence-corrected chi connectivity index (χ2v) is 5.50. The molecule has 0 radical (unpaired) electrons. The van der Waals surface area contributed by atoms with E-state index in [1.54, 1.807) is 10.7 Å². The van der Waals surface area contributed by atoms with E-state index in [2.05, 4.69) is 20.4 Å². The van der Waals surface area contributed by atoms with Crippen LogP contribution in [-0.2, 0) is 4.74 Å². The molecule has 1 amide bonds. The Balaban J connectivity index is 1.84. The maximum absolute atomic E-state index is 12.2. The van der Waals surface area contributed by atoms with Crippen LogP contribution in [0.2, 0.25) is 0 Å². The minimum atomic E-state index is -0.358. The number of hydrogen-bond donors (Lipinski definition) is 1. The SMILES string of the molecule is Cc1ccnc2nc(C(=O)NC3CCOC3(C)C)nn12. The van der Waals surface area contributed by atoms with Crippen LogP contribution in [0.3, 0.4) is 0 Å². The summed E-state index contributed by atoms with van der Waals surface area (Å²) in [5.41, 5.74) is 0.522. The summed E-state index contributed by atoms with van der Waals surface area (Å²) in [5, 5.41) is 7.13. The van der Waals surface area contributed by atoms with Crippen molar-refractivity contribution in [3.63, 3.8) is 0 Å². The lowest BCUT2D eigenvalue weighted by Gasteiger charge is -2.25. The van der Waals surface area contributed by atoms with Crippen LogP contribution >= 0.6 is 0 Å². The highest BCUT2D eigenvalue weighted by atomic mass is 16.5. The zero-order chi connectivity index (χ0) is 14.3. The molecule has 7 nitrogen and oxygen atoms in total. The van der Waals surface area contributed by atoms with Gasteiger partial charge in [-0.25, -0.2) is 9.50 Å². The van der Waals surface area contributed by atoms with E-state index in [-0.39, 0.29) is 23.4 Å². The first-order valence-electron chi connectivity index (χ1n) is 6.60. The molecule has 0 spiro atoms. The van der Waals surface area contributed by atoms with E-state index in [4.69, 9.17) is 4.74 Å². The average molecular weight is 275 g/mol. The van der Waals surface area contributed by atoms with Crippen molar-refractivity contribution in [2.24, 2.45) is 0 Å². The highest BCUT2D eigenvalue weighted by Crippen LogP contribution is 2.24. The Hall–Kier alpha value is -2.02. The normalized spacial score (nSPS) is 21.2. The molecule has 7 heteroatoms. The number of aryl methyl sites for hydroxylation is 1. The van der Waals surface area contributed by atoms with Gasteiger partial charge in [0.25, 0.3) is 11.7 Å². The van der Waals surface area contributed by atoms with Gasteiger partial charge in [-0.3, -0.25) is 4.79 Å². The molecular weight excluding hydrogens is 258 g/mol. The van der Waals surface area contributed by atoms with E-state index in [1.807, 2.05) is 26.8 Å². The molecule has 1 unspecified atom stereocenters. The molecule has 1 N–H and O–H groups in total. The molecule has 1 fully saturated rings. The molecule has 1 atom stereocenters. The number of aromatic nitrogens is 4. The molecule has 20 heavy (non-hydrogen) atoms. The van der Waals surface area contributed by atoms with E-state index in [9.17, 15) is 4.79 Å². The van der Waals surface area contributed by atoms with Crippen LogP contribution in [0.4, 0.5) is 0 Å². The fourth-order valence-electron chi connectivity index (χ4n) is 2.36. The topological polar surface area (TPSA) is 81.4 Å². The van der Waals surface area contributed by atoms with Crippen molar-refractivity contribution in [3.8, 4) is 0 Å². The zero-order valence-electron chi connectivity index (χ0n) is 11.8. The summed E-state index contributed by atoms with van der Waals surface area (Å²) < 4.78 is 7.16. The highest BCUT2D eigenvalue weighted by molar-refractivity contribution is 5.91. The lowest BCUT2D eigenvalue weighted by atomic mass is 9.99. The third kappa shape index (κ3) is 2.14. The molecule has 1 aliphatic heterocycles. The average Bonchev–Trinajstić information content (AvgIpc) is 2.95. The molecule has 0 aromatic carbocycles. The molecule has 1 aliphatic rings. The molecule has 3 rings (SSSR count). The van der Waals surface area contributed by atoms with E-state index in [0.29, 0.717) is 12.4 Å². The fraction of sp³-hybridized carbons (Fsp3) is 0.538. The lowest BCUT2D eigenvalue weighted by molar-refractivity contribution is 0.0212. The van der Waals surface area contributed by atoms with Crippen LogP contribution in [0.5, 0.6) is 0 Å². The number of nitrogens with zero attached hydrogens (tertiary/aromatic N) is 4. The van der Waals surface area contributed by atoms with Gasteiger partial charge in [-0.15, -0.1) is 5.10 Å². The summed E-state index contributed by atoms with van der Waals surface area (Å²) in [6.45, 7) is 6.47. The van der Waals surface area contributed by atoms with Gasteiger partial charge < -0.3 is 10.1 Å². The molecule has 3 heterocycles.